The lowest BCUT2D eigenvalue weighted by Crippen LogP contribution is -2.49. The van der Waals surface area contributed by atoms with Crippen molar-refractivity contribution in [2.75, 3.05) is 32.1 Å². The monoisotopic (exact) mass is 522 g/mol. The van der Waals surface area contributed by atoms with Crippen molar-refractivity contribution in [1.29, 1.82) is 0 Å². The van der Waals surface area contributed by atoms with Crippen LogP contribution in [0.2, 0.25) is 5.15 Å². The summed E-state index contributed by atoms with van der Waals surface area (Å²) in [5.41, 5.74) is 2.92. The minimum atomic E-state index is -4.74. The number of rotatable bonds is 4. The molecule has 4 heterocycles. The van der Waals surface area contributed by atoms with Crippen molar-refractivity contribution in [2.24, 2.45) is 0 Å². The van der Waals surface area contributed by atoms with E-state index in [9.17, 15) is 22.8 Å². The van der Waals surface area contributed by atoms with Gasteiger partial charge in [0.2, 0.25) is 5.91 Å². The van der Waals surface area contributed by atoms with Gasteiger partial charge >= 0.3 is 12.3 Å². The van der Waals surface area contributed by atoms with E-state index >= 15 is 0 Å². The van der Waals surface area contributed by atoms with Crippen molar-refractivity contribution >= 4 is 40.6 Å². The Morgan fingerprint density at radius 3 is 2.64 bits per heavy atom. The first kappa shape index (κ1) is 24.2. The van der Waals surface area contributed by atoms with Crippen LogP contribution in [0.15, 0.2) is 36.5 Å². The van der Waals surface area contributed by atoms with E-state index in [0.29, 0.717) is 27.9 Å². The summed E-state index contributed by atoms with van der Waals surface area (Å²) in [5.74, 6) is -0.854. The fourth-order valence-electron chi connectivity index (χ4n) is 4.76. The van der Waals surface area contributed by atoms with Gasteiger partial charge in [-0.3, -0.25) is 9.69 Å². The lowest BCUT2D eigenvalue weighted by Gasteiger charge is -2.34. The Bertz CT molecular complexity index is 1330. The van der Waals surface area contributed by atoms with Gasteiger partial charge in [-0.25, -0.2) is 14.3 Å². The first-order valence-electron chi connectivity index (χ1n) is 11.2. The van der Waals surface area contributed by atoms with Gasteiger partial charge in [0.15, 0.2) is 16.8 Å². The highest BCUT2D eigenvalue weighted by Gasteiger charge is 2.48. The molecule has 0 saturated carbocycles. The molecule has 2 aromatic heterocycles. The number of hydrogen-bond acceptors (Lipinski definition) is 6. The van der Waals surface area contributed by atoms with Gasteiger partial charge in [0.05, 0.1) is 17.6 Å². The van der Waals surface area contributed by atoms with Crippen LogP contribution in [-0.4, -0.2) is 75.9 Å². The number of halogens is 4. The molecule has 0 unspecified atom stereocenters. The third-order valence-corrected chi connectivity index (χ3v) is 6.77. The smallest absolute Gasteiger partial charge is 0.413 e. The highest BCUT2D eigenvalue weighted by molar-refractivity contribution is 6.29. The predicted octanol–water partition coefficient (Wildman–Crippen LogP) is 3.98. The molecule has 1 saturated heterocycles. The minimum absolute atomic E-state index is 0.0975. The summed E-state index contributed by atoms with van der Waals surface area (Å²) in [6, 6.07) is 4.27. The summed E-state index contributed by atoms with van der Waals surface area (Å²) in [6.07, 6.45) is -2.21. The zero-order chi connectivity index (χ0) is 25.8. The average molecular weight is 523 g/mol. The molecule has 13 heteroatoms. The number of amides is 2. The molecular weight excluding hydrogens is 501 g/mol. The van der Waals surface area contributed by atoms with Gasteiger partial charge in [0.25, 0.3) is 0 Å². The Kier molecular flexibility index (Phi) is 5.93. The number of carbonyl (C=O) groups is 2. The second kappa shape index (κ2) is 8.84. The maximum atomic E-state index is 14.1. The Balaban J connectivity index is 1.44. The van der Waals surface area contributed by atoms with Crippen LogP contribution in [0.4, 0.5) is 29.3 Å². The number of ether oxygens (including phenoxy) is 1. The number of alkyl halides is 3. The Morgan fingerprint density at radius 1 is 1.28 bits per heavy atom. The van der Waals surface area contributed by atoms with Crippen molar-refractivity contribution in [3.8, 4) is 0 Å². The third kappa shape index (κ3) is 4.08. The molecule has 1 aromatic carbocycles. The molecular formula is C23H22ClF3N6O3. The van der Waals surface area contributed by atoms with Crippen molar-refractivity contribution in [3.63, 3.8) is 0 Å². The minimum Gasteiger partial charge on any atom is -0.447 e. The van der Waals surface area contributed by atoms with E-state index in [0.717, 1.165) is 36.2 Å². The zero-order valence-electron chi connectivity index (χ0n) is 19.4. The molecule has 9 nitrogen and oxygen atoms in total. The van der Waals surface area contributed by atoms with E-state index in [2.05, 4.69) is 10.1 Å². The summed E-state index contributed by atoms with van der Waals surface area (Å²) >= 11 is 6.04. The van der Waals surface area contributed by atoms with Crippen LogP contribution in [0.25, 0.3) is 5.65 Å². The molecule has 0 spiro atoms. The lowest BCUT2D eigenvalue weighted by molar-refractivity contribution is -0.190. The van der Waals surface area contributed by atoms with Crippen LogP contribution in [0.1, 0.15) is 23.7 Å². The molecule has 2 amide bonds. The second-order valence-corrected chi connectivity index (χ2v) is 9.16. The molecule has 5 rings (SSSR count). The van der Waals surface area contributed by atoms with E-state index in [1.54, 1.807) is 28.9 Å². The number of benzene rings is 1. The van der Waals surface area contributed by atoms with Crippen LogP contribution in [0, 0.1) is 0 Å². The molecule has 0 aliphatic carbocycles. The van der Waals surface area contributed by atoms with Gasteiger partial charge in [0, 0.05) is 32.4 Å². The molecule has 2 aliphatic rings. The van der Waals surface area contributed by atoms with Crippen LogP contribution in [0.5, 0.6) is 0 Å². The molecule has 190 valence electrons. The molecule has 0 radical (unpaired) electrons. The number of likely N-dealkylation sites (N-methyl/N-ethyl adjacent to an activating group) is 2. The first-order chi connectivity index (χ1) is 17.1. The molecule has 0 N–H and O–H groups in total. The van der Waals surface area contributed by atoms with Gasteiger partial charge in [-0.2, -0.15) is 18.3 Å². The Labute approximate surface area is 209 Å². The topological polar surface area (TPSA) is 83.3 Å². The number of hydrogen-bond donors (Lipinski definition) is 0. The maximum absolute atomic E-state index is 14.1. The van der Waals surface area contributed by atoms with Crippen LogP contribution in [-0.2, 0) is 16.0 Å². The Morgan fingerprint density at radius 2 is 2.00 bits per heavy atom. The molecule has 2 aliphatic heterocycles. The van der Waals surface area contributed by atoms with E-state index in [4.69, 9.17) is 16.3 Å². The predicted molar refractivity (Wildman–Crippen MR) is 124 cm³/mol. The van der Waals surface area contributed by atoms with Crippen molar-refractivity contribution in [3.05, 3.63) is 52.9 Å². The van der Waals surface area contributed by atoms with E-state index in [1.165, 1.54) is 19.2 Å². The molecule has 1 fully saturated rings. The number of fused-ring (bicyclic) bond motifs is 3. The normalized spacial score (nSPS) is 18.8. The number of nitrogens with zero attached hydrogens (tertiary/aromatic N) is 6. The van der Waals surface area contributed by atoms with Gasteiger partial charge in [-0.1, -0.05) is 23.7 Å². The second-order valence-electron chi connectivity index (χ2n) is 8.77. The number of anilines is 2. The first-order valence-corrected chi connectivity index (χ1v) is 11.6. The largest absolute Gasteiger partial charge is 0.447 e. The highest BCUT2D eigenvalue weighted by atomic mass is 35.5. The fourth-order valence-corrected chi connectivity index (χ4v) is 4.93. The summed E-state index contributed by atoms with van der Waals surface area (Å²) in [6.45, 7) is 0.358. The summed E-state index contributed by atoms with van der Waals surface area (Å²) in [4.78, 5) is 32.4. The van der Waals surface area contributed by atoms with Crippen molar-refractivity contribution in [1.82, 2.24) is 24.4 Å². The molecule has 36 heavy (non-hydrogen) atoms. The quantitative estimate of drug-likeness (QED) is 0.515. The summed E-state index contributed by atoms with van der Waals surface area (Å²) in [5, 5.41) is 4.62. The SMILES string of the molecule is CN(C(=O)[C@@H]1COC(=O)N1C)[C@@H](c1ccc(N2CCCc3c2cnc2cc(Cl)nn32)cc1)C(F)(F)F. The van der Waals surface area contributed by atoms with E-state index < -0.39 is 30.3 Å². The lowest BCUT2D eigenvalue weighted by atomic mass is 10.0. The standard InChI is InChI=1S/C23H22ClF3N6O3/c1-30-17(12-36-22(30)35)21(34)31(2)20(23(25,26)27)13-5-7-14(8-6-13)32-9-3-4-15-16(32)11-28-19-10-18(24)29-33(15)19/h5-8,10-11,17,20H,3-4,9,12H2,1-2H3/t17-,20-/m0/s1. The zero-order valence-corrected chi connectivity index (χ0v) is 20.1. The highest BCUT2D eigenvalue weighted by Crippen LogP contribution is 2.40. The van der Waals surface area contributed by atoms with Crippen LogP contribution >= 0.6 is 11.6 Å². The van der Waals surface area contributed by atoms with Crippen LogP contribution in [0.3, 0.4) is 0 Å². The van der Waals surface area contributed by atoms with E-state index in [-0.39, 0.29) is 12.2 Å². The number of aromatic nitrogens is 3. The average Bonchev–Trinajstić information content (AvgIpc) is 3.39. The van der Waals surface area contributed by atoms with E-state index in [1.807, 2.05) is 4.90 Å². The van der Waals surface area contributed by atoms with Gasteiger partial charge in [-0.15, -0.1) is 0 Å². The van der Waals surface area contributed by atoms with Gasteiger partial charge < -0.3 is 14.5 Å². The van der Waals surface area contributed by atoms with Gasteiger partial charge in [0.1, 0.15) is 12.6 Å². The Hall–Kier alpha value is -3.54. The van der Waals surface area contributed by atoms with Crippen LogP contribution < -0.4 is 4.90 Å². The maximum Gasteiger partial charge on any atom is 0.413 e. The molecule has 2 atom stereocenters. The molecule has 0 bridgehead atoms. The van der Waals surface area contributed by atoms with Crippen molar-refractivity contribution < 1.29 is 27.5 Å². The summed E-state index contributed by atoms with van der Waals surface area (Å²) < 4.78 is 48.9. The number of cyclic esters (lactones) is 1. The summed E-state index contributed by atoms with van der Waals surface area (Å²) in [7, 11) is 2.40. The number of aryl methyl sites for hydroxylation is 1. The van der Waals surface area contributed by atoms with Gasteiger partial charge in [-0.05, 0) is 30.5 Å². The fraction of sp³-hybridized carbons (Fsp3) is 0.391. The molecule has 3 aromatic rings. The van der Waals surface area contributed by atoms with Crippen molar-refractivity contribution in [2.45, 2.75) is 31.1 Å². The number of carbonyl (C=O) groups excluding carboxylic acids is 2. The third-order valence-electron chi connectivity index (χ3n) is 6.59.